The molecule has 3 N–H and O–H groups in total. The van der Waals surface area contributed by atoms with Gasteiger partial charge in [0.05, 0.1) is 13.2 Å². The molecule has 22 heavy (non-hydrogen) atoms. The fourth-order valence-corrected chi connectivity index (χ4v) is 2.05. The average molecular weight is 305 g/mol. The highest BCUT2D eigenvalue weighted by molar-refractivity contribution is 6.04. The summed E-state index contributed by atoms with van der Waals surface area (Å²) in [4.78, 5) is 33.8. The zero-order valence-corrected chi connectivity index (χ0v) is 12.1. The van der Waals surface area contributed by atoms with Gasteiger partial charge in [0.15, 0.2) is 0 Å². The second kappa shape index (κ2) is 8.14. The Morgan fingerprint density at radius 1 is 1.23 bits per heavy atom. The Labute approximate surface area is 128 Å². The van der Waals surface area contributed by atoms with Crippen molar-refractivity contribution in [3.05, 3.63) is 35.9 Å². The number of imide groups is 1. The number of rotatable bonds is 8. The third-order valence-corrected chi connectivity index (χ3v) is 3.20. The zero-order chi connectivity index (χ0) is 15.8. The van der Waals surface area contributed by atoms with Crippen molar-refractivity contribution in [1.82, 2.24) is 16.0 Å². The number of ether oxygens (including phenoxy) is 1. The normalized spacial score (nSPS) is 17.0. The van der Waals surface area contributed by atoms with Crippen LogP contribution in [0.3, 0.4) is 0 Å². The molecule has 2 rings (SSSR count). The molecule has 0 aliphatic carbocycles. The van der Waals surface area contributed by atoms with E-state index in [1.54, 1.807) is 0 Å². The summed E-state index contributed by atoms with van der Waals surface area (Å²) in [5.74, 6) is -0.554. The Kier molecular flexibility index (Phi) is 5.91. The van der Waals surface area contributed by atoms with Gasteiger partial charge in [0, 0.05) is 13.0 Å². The topological polar surface area (TPSA) is 96.5 Å². The van der Waals surface area contributed by atoms with Crippen LogP contribution in [0, 0.1) is 0 Å². The molecular weight excluding hydrogens is 286 g/mol. The summed E-state index contributed by atoms with van der Waals surface area (Å²) in [5, 5.41) is 7.29. The highest BCUT2D eigenvalue weighted by Crippen LogP contribution is 2.02. The van der Waals surface area contributed by atoms with Crippen LogP contribution in [0.4, 0.5) is 4.79 Å². The van der Waals surface area contributed by atoms with Gasteiger partial charge in [-0.2, -0.15) is 0 Å². The Morgan fingerprint density at radius 3 is 2.68 bits per heavy atom. The molecule has 1 aliphatic rings. The van der Waals surface area contributed by atoms with Crippen molar-refractivity contribution >= 4 is 17.8 Å². The van der Waals surface area contributed by atoms with E-state index in [0.29, 0.717) is 19.8 Å². The number of nitrogens with one attached hydrogen (secondary N) is 3. The van der Waals surface area contributed by atoms with Crippen LogP contribution in [0.5, 0.6) is 0 Å². The van der Waals surface area contributed by atoms with Gasteiger partial charge >= 0.3 is 6.03 Å². The molecule has 1 aromatic rings. The molecule has 0 bridgehead atoms. The molecule has 7 heteroatoms. The predicted octanol–water partition coefficient (Wildman–Crippen LogP) is 0.308. The fraction of sp³-hybridized carbons (Fsp3) is 0.400. The van der Waals surface area contributed by atoms with Gasteiger partial charge in [0.1, 0.15) is 6.04 Å². The first-order chi connectivity index (χ1) is 10.6. The van der Waals surface area contributed by atoms with Gasteiger partial charge in [0.2, 0.25) is 5.91 Å². The number of benzene rings is 1. The zero-order valence-electron chi connectivity index (χ0n) is 12.1. The maximum atomic E-state index is 11.6. The number of hydrogen-bond acceptors (Lipinski definition) is 4. The van der Waals surface area contributed by atoms with E-state index in [4.69, 9.17) is 4.74 Å². The van der Waals surface area contributed by atoms with Crippen molar-refractivity contribution in [3.8, 4) is 0 Å². The molecule has 7 nitrogen and oxygen atoms in total. The van der Waals surface area contributed by atoms with Crippen molar-refractivity contribution in [2.24, 2.45) is 0 Å². The molecule has 0 spiro atoms. The Balaban J connectivity index is 1.53. The molecule has 0 radical (unpaired) electrons. The second-order valence-corrected chi connectivity index (χ2v) is 4.94. The summed E-state index contributed by atoms with van der Waals surface area (Å²) in [6, 6.07) is 8.64. The largest absolute Gasteiger partial charge is 0.375 e. The van der Waals surface area contributed by atoms with Crippen LogP contribution < -0.4 is 16.0 Å². The predicted molar refractivity (Wildman–Crippen MR) is 78.8 cm³/mol. The standard InChI is InChI=1S/C15H19N3O4/c19-13(7-6-12-14(20)18-15(21)17-12)16-8-9-22-10-11-4-2-1-3-5-11/h1-5,12H,6-10H2,(H,16,19)(H2,17,18,20,21). The lowest BCUT2D eigenvalue weighted by Gasteiger charge is -2.08. The molecule has 1 atom stereocenters. The molecule has 1 unspecified atom stereocenters. The van der Waals surface area contributed by atoms with Crippen molar-refractivity contribution in [2.45, 2.75) is 25.5 Å². The number of carbonyl (C=O) groups excluding carboxylic acids is 3. The first-order valence-corrected chi connectivity index (χ1v) is 7.15. The summed E-state index contributed by atoms with van der Waals surface area (Å²) in [5.41, 5.74) is 1.08. The van der Waals surface area contributed by atoms with Crippen LogP contribution in [0.2, 0.25) is 0 Å². The number of carbonyl (C=O) groups is 3. The smallest absolute Gasteiger partial charge is 0.322 e. The number of hydrogen-bond donors (Lipinski definition) is 3. The van der Waals surface area contributed by atoms with Crippen LogP contribution in [-0.2, 0) is 20.9 Å². The van der Waals surface area contributed by atoms with E-state index in [-0.39, 0.29) is 24.7 Å². The third kappa shape index (κ3) is 5.17. The summed E-state index contributed by atoms with van der Waals surface area (Å²) in [6.45, 7) is 1.33. The molecule has 0 saturated carbocycles. The van der Waals surface area contributed by atoms with E-state index >= 15 is 0 Å². The van der Waals surface area contributed by atoms with Crippen molar-refractivity contribution < 1.29 is 19.1 Å². The highest BCUT2D eigenvalue weighted by Gasteiger charge is 2.29. The summed E-state index contributed by atoms with van der Waals surface area (Å²) >= 11 is 0. The van der Waals surface area contributed by atoms with Crippen LogP contribution in [0.25, 0.3) is 0 Å². The molecular formula is C15H19N3O4. The molecule has 0 aromatic heterocycles. The van der Waals surface area contributed by atoms with Crippen LogP contribution in [0.15, 0.2) is 30.3 Å². The second-order valence-electron chi connectivity index (χ2n) is 4.94. The Morgan fingerprint density at radius 2 is 2.00 bits per heavy atom. The van der Waals surface area contributed by atoms with Gasteiger partial charge < -0.3 is 15.4 Å². The number of amides is 4. The van der Waals surface area contributed by atoms with E-state index < -0.39 is 12.1 Å². The summed E-state index contributed by atoms with van der Waals surface area (Å²) in [6.07, 6.45) is 0.464. The molecule has 4 amide bonds. The van der Waals surface area contributed by atoms with Crippen LogP contribution >= 0.6 is 0 Å². The van der Waals surface area contributed by atoms with Gasteiger partial charge in [0.25, 0.3) is 5.91 Å². The molecule has 1 aliphatic heterocycles. The van der Waals surface area contributed by atoms with E-state index in [1.165, 1.54) is 0 Å². The summed E-state index contributed by atoms with van der Waals surface area (Å²) < 4.78 is 5.44. The molecule has 1 aromatic carbocycles. The van der Waals surface area contributed by atoms with E-state index in [2.05, 4.69) is 16.0 Å². The molecule has 1 fully saturated rings. The minimum atomic E-state index is -0.618. The minimum Gasteiger partial charge on any atom is -0.375 e. The van der Waals surface area contributed by atoms with E-state index in [0.717, 1.165) is 5.56 Å². The lowest BCUT2D eigenvalue weighted by molar-refractivity contribution is -0.122. The van der Waals surface area contributed by atoms with Crippen LogP contribution in [-0.4, -0.2) is 37.0 Å². The number of urea groups is 1. The van der Waals surface area contributed by atoms with Gasteiger partial charge in [-0.05, 0) is 12.0 Å². The first kappa shape index (κ1) is 16.0. The van der Waals surface area contributed by atoms with Gasteiger partial charge in [-0.15, -0.1) is 0 Å². The van der Waals surface area contributed by atoms with Gasteiger partial charge in [-0.1, -0.05) is 30.3 Å². The van der Waals surface area contributed by atoms with E-state index in [9.17, 15) is 14.4 Å². The highest BCUT2D eigenvalue weighted by atomic mass is 16.5. The van der Waals surface area contributed by atoms with E-state index in [1.807, 2.05) is 30.3 Å². The minimum absolute atomic E-state index is 0.169. The Hall–Kier alpha value is -2.41. The quantitative estimate of drug-likeness (QED) is 0.475. The summed E-state index contributed by atoms with van der Waals surface area (Å²) in [7, 11) is 0. The Bertz CT molecular complexity index is 533. The SMILES string of the molecule is O=C(CCC1NC(=O)NC1=O)NCCOCc1ccccc1. The first-order valence-electron chi connectivity index (χ1n) is 7.15. The lowest BCUT2D eigenvalue weighted by atomic mass is 10.1. The monoisotopic (exact) mass is 305 g/mol. The maximum Gasteiger partial charge on any atom is 0.322 e. The van der Waals surface area contributed by atoms with Crippen molar-refractivity contribution in [1.29, 1.82) is 0 Å². The third-order valence-electron chi connectivity index (χ3n) is 3.20. The lowest BCUT2D eigenvalue weighted by Crippen LogP contribution is -2.32. The maximum absolute atomic E-state index is 11.6. The van der Waals surface area contributed by atoms with Gasteiger partial charge in [-0.25, -0.2) is 4.79 Å². The average Bonchev–Trinajstić information content (AvgIpc) is 2.84. The molecule has 1 heterocycles. The fourth-order valence-electron chi connectivity index (χ4n) is 2.05. The molecule has 1 saturated heterocycles. The van der Waals surface area contributed by atoms with Crippen molar-refractivity contribution in [3.63, 3.8) is 0 Å². The van der Waals surface area contributed by atoms with Crippen LogP contribution in [0.1, 0.15) is 18.4 Å². The van der Waals surface area contributed by atoms with Gasteiger partial charge in [-0.3, -0.25) is 14.9 Å². The van der Waals surface area contributed by atoms with Crippen molar-refractivity contribution in [2.75, 3.05) is 13.2 Å². The molecule has 118 valence electrons.